The average molecular weight is 559 g/mol. The number of aromatic nitrogens is 3. The van der Waals surface area contributed by atoms with Crippen molar-refractivity contribution in [2.45, 2.75) is 70.6 Å². The number of pyridine rings is 1. The van der Waals surface area contributed by atoms with Crippen LogP contribution in [-0.2, 0) is 25.7 Å². The van der Waals surface area contributed by atoms with Gasteiger partial charge in [0, 0.05) is 32.3 Å². The number of carbonyl (C=O) groups excluding carboxylic acids is 2. The van der Waals surface area contributed by atoms with Crippen molar-refractivity contribution < 1.29 is 28.2 Å². The molecule has 0 aromatic carbocycles. The summed E-state index contributed by atoms with van der Waals surface area (Å²) in [5.74, 6) is -0.893. The van der Waals surface area contributed by atoms with Crippen LogP contribution in [0.4, 0.5) is 4.39 Å². The number of hydrogen-bond acceptors (Lipinski definition) is 7. The summed E-state index contributed by atoms with van der Waals surface area (Å²) in [5.41, 5.74) is 0.896. The predicted octanol–water partition coefficient (Wildman–Crippen LogP) is 4.96. The molecule has 1 saturated carbocycles. The number of likely N-dealkylation sites (tertiary alicyclic amines) is 1. The van der Waals surface area contributed by atoms with Crippen molar-refractivity contribution in [3.05, 3.63) is 42.1 Å². The third-order valence-electron chi connectivity index (χ3n) is 7.45. The number of carbonyl (C=O) groups is 2. The first-order chi connectivity index (χ1) is 18.5. The maximum absolute atomic E-state index is 15.1. The molecule has 1 aliphatic carbocycles. The van der Waals surface area contributed by atoms with Gasteiger partial charge in [0.25, 0.3) is 5.91 Å². The highest BCUT2D eigenvalue weighted by molar-refractivity contribution is 6.76. The summed E-state index contributed by atoms with van der Waals surface area (Å²) in [6.07, 6.45) is 3.91. The van der Waals surface area contributed by atoms with Gasteiger partial charge in [0.05, 0.1) is 31.5 Å². The quantitative estimate of drug-likeness (QED) is 0.166. The van der Waals surface area contributed by atoms with Crippen LogP contribution in [0.5, 0.6) is 0 Å². The fourth-order valence-corrected chi connectivity index (χ4v) is 5.79. The third kappa shape index (κ3) is 6.58. The summed E-state index contributed by atoms with van der Waals surface area (Å²) >= 11 is 0. The van der Waals surface area contributed by atoms with E-state index in [4.69, 9.17) is 14.2 Å². The summed E-state index contributed by atoms with van der Waals surface area (Å²) in [6, 6.07) is 4.13. The van der Waals surface area contributed by atoms with Gasteiger partial charge < -0.3 is 19.1 Å². The highest BCUT2D eigenvalue weighted by Gasteiger charge is 2.55. The smallest absolute Gasteiger partial charge is 0.308 e. The SMILES string of the molecule is C=C(OCC)c1cc(-c2cc(C(=O)N3CCC(C(=O)OC)CC34CC4)nn2COCC[Si](C)(C)C)c(F)cn1. The van der Waals surface area contributed by atoms with Gasteiger partial charge in [-0.15, -0.1) is 0 Å². The lowest BCUT2D eigenvalue weighted by atomic mass is 9.88. The summed E-state index contributed by atoms with van der Waals surface area (Å²) in [7, 11) is 0.0844. The number of esters is 1. The van der Waals surface area contributed by atoms with Gasteiger partial charge in [-0.25, -0.2) is 14.1 Å². The van der Waals surface area contributed by atoms with E-state index in [0.717, 1.165) is 25.1 Å². The molecule has 0 radical (unpaired) electrons. The van der Waals surface area contributed by atoms with Crippen LogP contribution >= 0.6 is 0 Å². The Balaban J connectivity index is 1.64. The van der Waals surface area contributed by atoms with E-state index in [9.17, 15) is 9.59 Å². The van der Waals surface area contributed by atoms with Crippen LogP contribution in [0.1, 0.15) is 48.8 Å². The Morgan fingerprint density at radius 2 is 1.97 bits per heavy atom. The van der Waals surface area contributed by atoms with Crippen LogP contribution in [0.2, 0.25) is 25.7 Å². The van der Waals surface area contributed by atoms with E-state index in [1.165, 1.54) is 11.8 Å². The molecule has 2 fully saturated rings. The number of hydrogen-bond donors (Lipinski definition) is 0. The van der Waals surface area contributed by atoms with Crippen LogP contribution in [0.15, 0.2) is 24.9 Å². The van der Waals surface area contributed by atoms with Crippen molar-refractivity contribution in [2.24, 2.45) is 5.92 Å². The van der Waals surface area contributed by atoms with E-state index in [1.807, 2.05) is 11.8 Å². The van der Waals surface area contributed by atoms with Crippen molar-refractivity contribution in [1.82, 2.24) is 19.7 Å². The first kappa shape index (κ1) is 28.9. The molecule has 1 saturated heterocycles. The number of amides is 1. The second-order valence-corrected chi connectivity index (χ2v) is 17.2. The first-order valence-corrected chi connectivity index (χ1v) is 17.2. The highest BCUT2D eigenvalue weighted by Crippen LogP contribution is 2.50. The van der Waals surface area contributed by atoms with Crippen molar-refractivity contribution in [1.29, 1.82) is 0 Å². The van der Waals surface area contributed by atoms with Gasteiger partial charge in [-0.2, -0.15) is 5.10 Å². The summed E-state index contributed by atoms with van der Waals surface area (Å²) in [5, 5.41) is 4.59. The van der Waals surface area contributed by atoms with Crippen LogP contribution in [0.25, 0.3) is 17.0 Å². The molecule has 1 atom stereocenters. The van der Waals surface area contributed by atoms with Crippen molar-refractivity contribution >= 4 is 25.7 Å². The maximum Gasteiger partial charge on any atom is 0.308 e. The lowest BCUT2D eigenvalue weighted by molar-refractivity contribution is -0.147. The van der Waals surface area contributed by atoms with E-state index in [1.54, 1.807) is 12.1 Å². The lowest BCUT2D eigenvalue weighted by Crippen LogP contribution is -2.49. The second kappa shape index (κ2) is 11.6. The van der Waals surface area contributed by atoms with Gasteiger partial charge in [-0.3, -0.25) is 9.59 Å². The van der Waals surface area contributed by atoms with E-state index < -0.39 is 13.9 Å². The zero-order valence-corrected chi connectivity index (χ0v) is 24.6. The zero-order chi connectivity index (χ0) is 28.4. The minimum absolute atomic E-state index is 0.0755. The third-order valence-corrected chi connectivity index (χ3v) is 9.16. The predicted molar refractivity (Wildman–Crippen MR) is 148 cm³/mol. The van der Waals surface area contributed by atoms with Gasteiger partial charge in [0.15, 0.2) is 11.5 Å². The van der Waals surface area contributed by atoms with Gasteiger partial charge in [0.1, 0.15) is 18.2 Å². The number of ether oxygens (including phenoxy) is 3. The van der Waals surface area contributed by atoms with Crippen LogP contribution in [0.3, 0.4) is 0 Å². The van der Waals surface area contributed by atoms with Crippen LogP contribution in [0, 0.1) is 11.7 Å². The Kier molecular flexibility index (Phi) is 8.60. The minimum Gasteiger partial charge on any atom is -0.492 e. The molecule has 1 spiro atoms. The van der Waals surface area contributed by atoms with E-state index >= 15 is 4.39 Å². The lowest BCUT2D eigenvalue weighted by Gasteiger charge is -2.38. The van der Waals surface area contributed by atoms with Crippen LogP contribution < -0.4 is 0 Å². The van der Waals surface area contributed by atoms with Gasteiger partial charge in [-0.1, -0.05) is 26.2 Å². The van der Waals surface area contributed by atoms with Gasteiger partial charge in [-0.05, 0) is 50.8 Å². The summed E-state index contributed by atoms with van der Waals surface area (Å²) in [6.45, 7) is 14.0. The second-order valence-electron chi connectivity index (χ2n) is 11.6. The standard InChI is InChI=1S/C28H39FN4O5Si/c1-7-38-19(2)23-14-21(22(29)17-30-23)25-15-24(31-33(25)18-37-12-13-39(4,5)6)26(34)32-11-8-20(27(35)36-3)16-28(32)9-10-28/h14-15,17,20H,2,7-13,16,18H2,1,3-6H3. The molecule has 0 N–H and O–H groups in total. The Bertz CT molecular complexity index is 1240. The molecule has 2 aromatic heterocycles. The number of rotatable bonds is 11. The molecule has 0 bridgehead atoms. The number of methoxy groups -OCH3 is 1. The molecular formula is C28H39FN4O5Si. The van der Waals surface area contributed by atoms with Crippen molar-refractivity contribution in [2.75, 3.05) is 26.9 Å². The molecular weight excluding hydrogens is 519 g/mol. The molecule has 4 rings (SSSR count). The fourth-order valence-electron chi connectivity index (χ4n) is 5.04. The maximum atomic E-state index is 15.1. The molecule has 9 nitrogen and oxygen atoms in total. The van der Waals surface area contributed by atoms with Crippen molar-refractivity contribution in [3.8, 4) is 11.3 Å². The zero-order valence-electron chi connectivity index (χ0n) is 23.6. The fraction of sp³-hybridized carbons (Fsp3) is 0.571. The molecule has 2 aliphatic rings. The molecule has 39 heavy (non-hydrogen) atoms. The summed E-state index contributed by atoms with van der Waals surface area (Å²) in [4.78, 5) is 31.9. The average Bonchev–Trinajstić information content (AvgIpc) is 3.52. The monoisotopic (exact) mass is 558 g/mol. The largest absolute Gasteiger partial charge is 0.492 e. The van der Waals surface area contributed by atoms with Crippen molar-refractivity contribution in [3.63, 3.8) is 0 Å². The normalized spacial score (nSPS) is 18.2. The minimum atomic E-state index is -1.31. The van der Waals surface area contributed by atoms with Gasteiger partial charge in [0.2, 0.25) is 0 Å². The van der Waals surface area contributed by atoms with E-state index in [2.05, 4.69) is 36.3 Å². The number of halogens is 1. The Hall–Kier alpha value is -3.05. The highest BCUT2D eigenvalue weighted by atomic mass is 28.3. The molecule has 1 amide bonds. The molecule has 11 heteroatoms. The number of nitrogens with zero attached hydrogens (tertiary/aromatic N) is 4. The summed E-state index contributed by atoms with van der Waals surface area (Å²) < 4.78 is 33.0. The molecule has 3 heterocycles. The molecule has 212 valence electrons. The topological polar surface area (TPSA) is 95.8 Å². The van der Waals surface area contributed by atoms with Crippen LogP contribution in [-0.4, -0.2) is 72.0 Å². The first-order valence-electron chi connectivity index (χ1n) is 13.5. The van der Waals surface area contributed by atoms with E-state index in [-0.39, 0.29) is 41.3 Å². The Morgan fingerprint density at radius 3 is 2.62 bits per heavy atom. The molecule has 1 aliphatic heterocycles. The molecule has 1 unspecified atom stereocenters. The van der Waals surface area contributed by atoms with Gasteiger partial charge >= 0.3 is 5.97 Å². The Morgan fingerprint density at radius 1 is 1.23 bits per heavy atom. The number of piperidine rings is 1. The Labute approximate surface area is 230 Å². The van der Waals surface area contributed by atoms with E-state index in [0.29, 0.717) is 49.7 Å². The molecule has 2 aromatic rings.